The van der Waals surface area contributed by atoms with Crippen molar-refractivity contribution in [3.8, 4) is 0 Å². The van der Waals surface area contributed by atoms with E-state index >= 15 is 0 Å². The fourth-order valence-corrected chi connectivity index (χ4v) is 3.59. The average molecular weight is 377 g/mol. The molecule has 0 aliphatic rings. The summed E-state index contributed by atoms with van der Waals surface area (Å²) in [6.07, 6.45) is 10.7. The maximum Gasteiger partial charge on any atom is 0.0638 e. The standard InChI is InChI=1S/C26H36N2/c1-6-7-8-9-10-11-12-24(28-26-17-22(4)14-23(5)18-26)19-27-25-15-20(2)13-21(3)16-25/h13-19H,6-12H2,1-5H3. The third-order valence-corrected chi connectivity index (χ3v) is 4.83. The summed E-state index contributed by atoms with van der Waals surface area (Å²) < 4.78 is 0. The van der Waals surface area contributed by atoms with Crippen LogP contribution >= 0.6 is 0 Å². The third kappa shape index (κ3) is 8.21. The molecule has 0 aliphatic carbocycles. The summed E-state index contributed by atoms with van der Waals surface area (Å²) in [7, 11) is 0. The van der Waals surface area contributed by atoms with Crippen LogP contribution in [0.2, 0.25) is 0 Å². The molecule has 0 aromatic heterocycles. The van der Waals surface area contributed by atoms with Crippen LogP contribution in [-0.2, 0) is 0 Å². The predicted octanol–water partition coefficient (Wildman–Crippen LogP) is 8.15. The molecule has 150 valence electrons. The molecule has 0 atom stereocenters. The van der Waals surface area contributed by atoms with Crippen LogP contribution in [0.4, 0.5) is 11.4 Å². The minimum atomic E-state index is 0.980. The molecule has 0 N–H and O–H groups in total. The summed E-state index contributed by atoms with van der Waals surface area (Å²) in [6.45, 7) is 10.8. The highest BCUT2D eigenvalue weighted by Gasteiger charge is 2.01. The van der Waals surface area contributed by atoms with Gasteiger partial charge in [-0.1, -0.05) is 51.2 Å². The van der Waals surface area contributed by atoms with E-state index in [1.165, 1.54) is 60.8 Å². The van der Waals surface area contributed by atoms with Gasteiger partial charge in [-0.25, -0.2) is 0 Å². The van der Waals surface area contributed by atoms with E-state index in [1.807, 2.05) is 6.21 Å². The molecule has 0 unspecified atom stereocenters. The Hall–Kier alpha value is -2.22. The summed E-state index contributed by atoms with van der Waals surface area (Å²) >= 11 is 0. The smallest absolute Gasteiger partial charge is 0.0638 e. The van der Waals surface area contributed by atoms with Crippen molar-refractivity contribution >= 4 is 23.3 Å². The first-order valence-corrected chi connectivity index (χ1v) is 10.7. The molecular weight excluding hydrogens is 340 g/mol. The van der Waals surface area contributed by atoms with Crippen LogP contribution in [0.1, 0.15) is 74.1 Å². The molecule has 0 heterocycles. The van der Waals surface area contributed by atoms with E-state index < -0.39 is 0 Å². The molecule has 0 bridgehead atoms. The Kier molecular flexibility index (Phi) is 9.13. The van der Waals surface area contributed by atoms with Gasteiger partial charge in [0.15, 0.2) is 0 Å². The second-order valence-electron chi connectivity index (χ2n) is 8.07. The van der Waals surface area contributed by atoms with Crippen LogP contribution in [0, 0.1) is 27.7 Å². The summed E-state index contributed by atoms with van der Waals surface area (Å²) in [6, 6.07) is 12.9. The second-order valence-corrected chi connectivity index (χ2v) is 8.07. The van der Waals surface area contributed by atoms with Gasteiger partial charge in [-0.05, 0) is 87.1 Å². The maximum atomic E-state index is 4.94. The Morgan fingerprint density at radius 1 is 0.679 bits per heavy atom. The highest BCUT2D eigenvalue weighted by Crippen LogP contribution is 2.20. The summed E-state index contributed by atoms with van der Waals surface area (Å²) in [5.41, 5.74) is 8.11. The van der Waals surface area contributed by atoms with Crippen molar-refractivity contribution in [1.82, 2.24) is 0 Å². The summed E-state index contributed by atoms with van der Waals surface area (Å²) in [5, 5.41) is 0. The molecule has 2 aromatic carbocycles. The zero-order valence-corrected chi connectivity index (χ0v) is 18.4. The molecule has 2 heteroatoms. The number of hydrogen-bond donors (Lipinski definition) is 0. The molecule has 0 spiro atoms. The summed E-state index contributed by atoms with van der Waals surface area (Å²) in [4.78, 5) is 9.68. The van der Waals surface area contributed by atoms with Crippen molar-refractivity contribution in [2.45, 2.75) is 79.6 Å². The Bertz CT molecular complexity index is 775. The molecule has 2 nitrogen and oxygen atoms in total. The fourth-order valence-electron chi connectivity index (χ4n) is 3.59. The fraction of sp³-hybridized carbons (Fsp3) is 0.462. The molecular formula is C26H36N2. The van der Waals surface area contributed by atoms with E-state index in [1.54, 1.807) is 0 Å². The lowest BCUT2D eigenvalue weighted by atomic mass is 10.1. The van der Waals surface area contributed by atoms with Crippen LogP contribution in [0.5, 0.6) is 0 Å². The van der Waals surface area contributed by atoms with Crippen molar-refractivity contribution in [2.24, 2.45) is 9.98 Å². The lowest BCUT2D eigenvalue weighted by Crippen LogP contribution is -2.00. The van der Waals surface area contributed by atoms with Crippen LogP contribution < -0.4 is 0 Å². The molecule has 2 rings (SSSR count). The first-order valence-electron chi connectivity index (χ1n) is 10.7. The monoisotopic (exact) mass is 376 g/mol. The zero-order chi connectivity index (χ0) is 20.4. The highest BCUT2D eigenvalue weighted by molar-refractivity contribution is 6.31. The Labute approximate surface area is 171 Å². The number of rotatable bonds is 10. The quantitative estimate of drug-likeness (QED) is 0.295. The lowest BCUT2D eigenvalue weighted by Gasteiger charge is -2.05. The largest absolute Gasteiger partial charge is 0.255 e. The van der Waals surface area contributed by atoms with E-state index in [9.17, 15) is 0 Å². The first kappa shape index (κ1) is 22.1. The minimum absolute atomic E-state index is 0.980. The van der Waals surface area contributed by atoms with E-state index in [0.29, 0.717) is 0 Å². The van der Waals surface area contributed by atoms with E-state index in [2.05, 4.69) is 71.0 Å². The molecule has 0 radical (unpaired) electrons. The van der Waals surface area contributed by atoms with Crippen LogP contribution in [0.15, 0.2) is 46.4 Å². The maximum absolute atomic E-state index is 4.94. The number of benzene rings is 2. The third-order valence-electron chi connectivity index (χ3n) is 4.83. The van der Waals surface area contributed by atoms with Gasteiger partial charge in [0.2, 0.25) is 0 Å². The molecule has 0 fully saturated rings. The van der Waals surface area contributed by atoms with Gasteiger partial charge in [-0.2, -0.15) is 0 Å². The van der Waals surface area contributed by atoms with Crippen LogP contribution in [0.25, 0.3) is 0 Å². The van der Waals surface area contributed by atoms with Crippen LogP contribution in [0.3, 0.4) is 0 Å². The van der Waals surface area contributed by atoms with E-state index in [-0.39, 0.29) is 0 Å². The Morgan fingerprint density at radius 3 is 1.75 bits per heavy atom. The number of aliphatic imine (C=N–C) groups is 2. The molecule has 0 saturated heterocycles. The van der Waals surface area contributed by atoms with Gasteiger partial charge in [0, 0.05) is 6.21 Å². The molecule has 0 aliphatic heterocycles. The van der Waals surface area contributed by atoms with Gasteiger partial charge in [0.1, 0.15) is 0 Å². The number of unbranched alkanes of at least 4 members (excludes halogenated alkanes) is 5. The van der Waals surface area contributed by atoms with E-state index in [4.69, 9.17) is 9.98 Å². The van der Waals surface area contributed by atoms with Crippen molar-refractivity contribution in [2.75, 3.05) is 0 Å². The Morgan fingerprint density at radius 2 is 1.18 bits per heavy atom. The molecule has 2 aromatic rings. The predicted molar refractivity (Wildman–Crippen MR) is 125 cm³/mol. The highest BCUT2D eigenvalue weighted by atomic mass is 14.8. The van der Waals surface area contributed by atoms with Gasteiger partial charge in [-0.3, -0.25) is 9.98 Å². The van der Waals surface area contributed by atoms with Crippen LogP contribution in [-0.4, -0.2) is 11.9 Å². The zero-order valence-electron chi connectivity index (χ0n) is 18.4. The van der Waals surface area contributed by atoms with Gasteiger partial charge >= 0.3 is 0 Å². The summed E-state index contributed by atoms with van der Waals surface area (Å²) in [5.74, 6) is 0. The number of nitrogens with zero attached hydrogens (tertiary/aromatic N) is 2. The van der Waals surface area contributed by atoms with Crippen molar-refractivity contribution < 1.29 is 0 Å². The lowest BCUT2D eigenvalue weighted by molar-refractivity contribution is 0.616. The molecule has 0 amide bonds. The topological polar surface area (TPSA) is 24.7 Å². The normalized spacial score (nSPS) is 12.1. The van der Waals surface area contributed by atoms with Gasteiger partial charge in [0.05, 0.1) is 17.1 Å². The van der Waals surface area contributed by atoms with Crippen molar-refractivity contribution in [3.05, 3.63) is 58.7 Å². The van der Waals surface area contributed by atoms with Gasteiger partial charge < -0.3 is 0 Å². The number of hydrogen-bond acceptors (Lipinski definition) is 2. The van der Waals surface area contributed by atoms with Gasteiger partial charge in [0.25, 0.3) is 0 Å². The number of aryl methyl sites for hydroxylation is 4. The minimum Gasteiger partial charge on any atom is -0.255 e. The Balaban J connectivity index is 2.15. The van der Waals surface area contributed by atoms with E-state index in [0.717, 1.165) is 23.5 Å². The molecule has 0 saturated carbocycles. The van der Waals surface area contributed by atoms with Crippen molar-refractivity contribution in [3.63, 3.8) is 0 Å². The van der Waals surface area contributed by atoms with Gasteiger partial charge in [-0.15, -0.1) is 0 Å². The average Bonchev–Trinajstić information content (AvgIpc) is 2.60. The second kappa shape index (κ2) is 11.6. The van der Waals surface area contributed by atoms with Crippen molar-refractivity contribution in [1.29, 1.82) is 0 Å². The SMILES string of the molecule is CCCCCCCCC(C=Nc1cc(C)cc(C)c1)=Nc1cc(C)cc(C)c1. The first-order chi connectivity index (χ1) is 13.5. The molecule has 28 heavy (non-hydrogen) atoms.